The maximum atomic E-state index is 11.7. The molecule has 0 aromatic heterocycles. The lowest BCUT2D eigenvalue weighted by molar-refractivity contribution is -0.124. The first kappa shape index (κ1) is 17.5. The normalized spacial score (nSPS) is 13.9. The second-order valence-corrected chi connectivity index (χ2v) is 6.05. The van der Waals surface area contributed by atoms with Crippen molar-refractivity contribution in [2.24, 2.45) is 0 Å². The van der Waals surface area contributed by atoms with Crippen LogP contribution in [0.5, 0.6) is 5.75 Å². The van der Waals surface area contributed by atoms with E-state index in [2.05, 4.69) is 5.32 Å². The molecular weight excluding hydrogens is 268 g/mol. The van der Waals surface area contributed by atoms with Gasteiger partial charge >= 0.3 is 0 Å². The Morgan fingerprint density at radius 1 is 1.33 bits per heavy atom. The molecule has 0 radical (unpaired) electrons. The molecule has 0 heterocycles. The Morgan fingerprint density at radius 2 is 2.00 bits per heavy atom. The first-order valence-electron chi connectivity index (χ1n) is 7.03. The van der Waals surface area contributed by atoms with E-state index in [1.165, 1.54) is 5.56 Å². The van der Waals surface area contributed by atoms with Crippen LogP contribution in [0.25, 0.3) is 0 Å². The van der Waals surface area contributed by atoms with Crippen molar-refractivity contribution in [2.45, 2.75) is 26.4 Å². The summed E-state index contributed by atoms with van der Waals surface area (Å²) >= 11 is 0. The molecule has 0 aliphatic carbocycles. The third kappa shape index (κ3) is 6.60. The van der Waals surface area contributed by atoms with Crippen molar-refractivity contribution < 1.29 is 14.6 Å². The molecule has 0 aliphatic heterocycles. The number of carbonyl (C=O) groups is 1. The van der Waals surface area contributed by atoms with E-state index in [-0.39, 0.29) is 19.1 Å². The average molecular weight is 294 g/mol. The number of carbonyl (C=O) groups excluding carboxylic acids is 1. The van der Waals surface area contributed by atoms with E-state index in [1.807, 2.05) is 51.0 Å². The van der Waals surface area contributed by atoms with Gasteiger partial charge in [0.1, 0.15) is 5.75 Å². The van der Waals surface area contributed by atoms with Crippen LogP contribution in [0.1, 0.15) is 18.1 Å². The van der Waals surface area contributed by atoms with Gasteiger partial charge in [-0.1, -0.05) is 6.07 Å². The van der Waals surface area contributed by atoms with Crippen LogP contribution in [0.15, 0.2) is 18.2 Å². The molecule has 0 saturated heterocycles. The Hall–Kier alpha value is -1.59. The number of ether oxygens (including phenoxy) is 1. The molecule has 0 fully saturated rings. The Balaban J connectivity index is 2.39. The Morgan fingerprint density at radius 3 is 2.57 bits per heavy atom. The topological polar surface area (TPSA) is 61.8 Å². The second kappa shape index (κ2) is 7.43. The van der Waals surface area contributed by atoms with Gasteiger partial charge in [-0.25, -0.2) is 0 Å². The molecule has 0 spiro atoms. The van der Waals surface area contributed by atoms with Crippen LogP contribution in [0, 0.1) is 13.8 Å². The summed E-state index contributed by atoms with van der Waals surface area (Å²) in [6.45, 7) is 6.34. The van der Waals surface area contributed by atoms with Gasteiger partial charge in [0.05, 0.1) is 5.60 Å². The average Bonchev–Trinajstić information content (AvgIpc) is 2.36. The van der Waals surface area contributed by atoms with E-state index in [9.17, 15) is 9.90 Å². The number of nitrogens with zero attached hydrogens (tertiary/aromatic N) is 1. The predicted octanol–water partition coefficient (Wildman–Crippen LogP) is 1.11. The van der Waals surface area contributed by atoms with Crippen LogP contribution in [0.2, 0.25) is 0 Å². The lowest BCUT2D eigenvalue weighted by Gasteiger charge is -2.27. The molecule has 118 valence electrons. The first-order chi connectivity index (χ1) is 9.69. The summed E-state index contributed by atoms with van der Waals surface area (Å²) in [5.41, 5.74) is 1.35. The predicted molar refractivity (Wildman–Crippen MR) is 83.6 cm³/mol. The van der Waals surface area contributed by atoms with Gasteiger partial charge in [-0.3, -0.25) is 4.79 Å². The summed E-state index contributed by atoms with van der Waals surface area (Å²) in [6, 6.07) is 5.72. The van der Waals surface area contributed by atoms with E-state index in [4.69, 9.17) is 4.74 Å². The molecule has 0 aliphatic rings. The highest BCUT2D eigenvalue weighted by molar-refractivity contribution is 5.77. The van der Waals surface area contributed by atoms with Crippen LogP contribution in [-0.4, -0.2) is 55.3 Å². The molecular formula is C16H26N2O3. The zero-order valence-corrected chi connectivity index (χ0v) is 13.6. The minimum atomic E-state index is -0.959. The number of hydrogen-bond donors (Lipinski definition) is 2. The summed E-state index contributed by atoms with van der Waals surface area (Å²) in [6.07, 6.45) is 0. The number of hydrogen-bond acceptors (Lipinski definition) is 4. The standard InChI is InChI=1S/C16H26N2O3/c1-12-6-7-14(8-13(12)2)21-9-15(19)17-10-16(3,20)11-18(4)5/h6-8,20H,9-11H2,1-5H3,(H,17,19). The molecule has 1 aromatic rings. The molecule has 1 rings (SSSR count). The third-order valence-corrected chi connectivity index (χ3v) is 3.17. The number of amides is 1. The minimum absolute atomic E-state index is 0.0550. The minimum Gasteiger partial charge on any atom is -0.484 e. The summed E-state index contributed by atoms with van der Waals surface area (Å²) in [4.78, 5) is 13.6. The van der Waals surface area contributed by atoms with E-state index in [1.54, 1.807) is 6.92 Å². The van der Waals surface area contributed by atoms with Crippen molar-refractivity contribution in [2.75, 3.05) is 33.8 Å². The number of nitrogens with one attached hydrogen (secondary N) is 1. The number of aryl methyl sites for hydroxylation is 2. The van der Waals surface area contributed by atoms with Crippen molar-refractivity contribution in [3.63, 3.8) is 0 Å². The molecule has 1 atom stereocenters. The van der Waals surface area contributed by atoms with E-state index < -0.39 is 5.60 Å². The summed E-state index contributed by atoms with van der Waals surface area (Å²) < 4.78 is 5.45. The molecule has 2 N–H and O–H groups in total. The van der Waals surface area contributed by atoms with Crippen LogP contribution in [0.3, 0.4) is 0 Å². The maximum absolute atomic E-state index is 11.7. The molecule has 1 aromatic carbocycles. The summed E-state index contributed by atoms with van der Waals surface area (Å²) in [5.74, 6) is 0.431. The van der Waals surface area contributed by atoms with Crippen molar-refractivity contribution in [1.82, 2.24) is 10.2 Å². The van der Waals surface area contributed by atoms with Crippen LogP contribution >= 0.6 is 0 Å². The SMILES string of the molecule is Cc1ccc(OCC(=O)NCC(C)(O)CN(C)C)cc1C. The maximum Gasteiger partial charge on any atom is 0.258 e. The lowest BCUT2D eigenvalue weighted by Crippen LogP contribution is -2.47. The van der Waals surface area contributed by atoms with Gasteiger partial charge in [0, 0.05) is 13.1 Å². The molecule has 5 nitrogen and oxygen atoms in total. The highest BCUT2D eigenvalue weighted by Gasteiger charge is 2.22. The Bertz CT molecular complexity index is 484. The zero-order chi connectivity index (χ0) is 16.0. The van der Waals surface area contributed by atoms with Gasteiger partial charge < -0.3 is 20.1 Å². The van der Waals surface area contributed by atoms with E-state index in [0.29, 0.717) is 12.3 Å². The van der Waals surface area contributed by atoms with Gasteiger partial charge in [0.2, 0.25) is 0 Å². The first-order valence-corrected chi connectivity index (χ1v) is 7.03. The van der Waals surface area contributed by atoms with Crippen LogP contribution in [0.4, 0.5) is 0 Å². The zero-order valence-electron chi connectivity index (χ0n) is 13.6. The van der Waals surface area contributed by atoms with Crippen LogP contribution < -0.4 is 10.1 Å². The third-order valence-electron chi connectivity index (χ3n) is 3.17. The quantitative estimate of drug-likeness (QED) is 0.791. The number of rotatable bonds is 7. The number of aliphatic hydroxyl groups is 1. The molecule has 5 heteroatoms. The van der Waals surface area contributed by atoms with Gasteiger partial charge in [-0.05, 0) is 58.1 Å². The lowest BCUT2D eigenvalue weighted by atomic mass is 10.1. The molecule has 1 amide bonds. The van der Waals surface area contributed by atoms with Crippen molar-refractivity contribution in [3.05, 3.63) is 29.3 Å². The molecule has 0 saturated carbocycles. The number of likely N-dealkylation sites (N-methyl/N-ethyl adjacent to an activating group) is 1. The molecule has 21 heavy (non-hydrogen) atoms. The Labute approximate surface area is 126 Å². The fourth-order valence-corrected chi connectivity index (χ4v) is 2.03. The highest BCUT2D eigenvalue weighted by Crippen LogP contribution is 2.16. The van der Waals surface area contributed by atoms with Crippen LogP contribution in [-0.2, 0) is 4.79 Å². The van der Waals surface area contributed by atoms with Crippen molar-refractivity contribution >= 4 is 5.91 Å². The second-order valence-electron chi connectivity index (χ2n) is 6.05. The van der Waals surface area contributed by atoms with Gasteiger partial charge in [-0.2, -0.15) is 0 Å². The fourth-order valence-electron chi connectivity index (χ4n) is 2.03. The van der Waals surface area contributed by atoms with E-state index in [0.717, 1.165) is 5.56 Å². The van der Waals surface area contributed by atoms with Crippen molar-refractivity contribution in [3.8, 4) is 5.75 Å². The summed E-state index contributed by atoms with van der Waals surface area (Å²) in [7, 11) is 3.75. The monoisotopic (exact) mass is 294 g/mol. The molecule has 1 unspecified atom stereocenters. The van der Waals surface area contributed by atoms with Gasteiger partial charge in [0.25, 0.3) is 5.91 Å². The highest BCUT2D eigenvalue weighted by atomic mass is 16.5. The Kier molecular flexibility index (Phi) is 6.18. The fraction of sp³-hybridized carbons (Fsp3) is 0.562. The smallest absolute Gasteiger partial charge is 0.258 e. The van der Waals surface area contributed by atoms with E-state index >= 15 is 0 Å². The summed E-state index contributed by atoms with van der Waals surface area (Å²) in [5, 5.41) is 12.8. The molecule has 0 bridgehead atoms. The van der Waals surface area contributed by atoms with Crippen molar-refractivity contribution in [1.29, 1.82) is 0 Å². The number of benzene rings is 1. The van der Waals surface area contributed by atoms with Gasteiger partial charge in [-0.15, -0.1) is 0 Å². The largest absolute Gasteiger partial charge is 0.484 e. The van der Waals surface area contributed by atoms with Gasteiger partial charge in [0.15, 0.2) is 6.61 Å².